The molecule has 156 valence electrons. The summed E-state index contributed by atoms with van der Waals surface area (Å²) in [5.74, 6) is 0.364. The molecule has 0 atom stereocenters. The SMILES string of the molecule is CCOC(=O)c1cnc(SCC(=O)Nc2cc(OCC)ccc2OCC)nc1N. The van der Waals surface area contributed by atoms with E-state index in [4.69, 9.17) is 19.9 Å². The first-order valence-electron chi connectivity index (χ1n) is 9.10. The van der Waals surface area contributed by atoms with Crippen LogP contribution in [0.15, 0.2) is 29.6 Å². The summed E-state index contributed by atoms with van der Waals surface area (Å²) in [6.45, 7) is 6.63. The molecule has 2 aromatic rings. The number of nitrogens with one attached hydrogen (secondary N) is 1. The van der Waals surface area contributed by atoms with Gasteiger partial charge in [0.1, 0.15) is 22.9 Å². The van der Waals surface area contributed by atoms with Gasteiger partial charge in [0, 0.05) is 12.3 Å². The number of carbonyl (C=O) groups is 2. The number of nitrogens with two attached hydrogens (primary N) is 1. The lowest BCUT2D eigenvalue weighted by Crippen LogP contribution is -2.16. The third-order valence-corrected chi connectivity index (χ3v) is 4.32. The summed E-state index contributed by atoms with van der Waals surface area (Å²) < 4.78 is 15.9. The molecule has 0 aliphatic carbocycles. The smallest absolute Gasteiger partial charge is 0.343 e. The van der Waals surface area contributed by atoms with Gasteiger partial charge in [0.05, 0.1) is 31.3 Å². The first-order chi connectivity index (χ1) is 14.0. The zero-order chi connectivity index (χ0) is 21.2. The van der Waals surface area contributed by atoms with Crippen LogP contribution in [0.25, 0.3) is 0 Å². The van der Waals surface area contributed by atoms with Gasteiger partial charge in [-0.25, -0.2) is 14.8 Å². The van der Waals surface area contributed by atoms with Crippen LogP contribution in [0.1, 0.15) is 31.1 Å². The predicted molar refractivity (Wildman–Crippen MR) is 111 cm³/mol. The van der Waals surface area contributed by atoms with Crippen molar-refractivity contribution in [3.05, 3.63) is 30.0 Å². The third kappa shape index (κ3) is 6.53. The minimum atomic E-state index is -0.586. The van der Waals surface area contributed by atoms with Crippen LogP contribution in [0.4, 0.5) is 11.5 Å². The van der Waals surface area contributed by atoms with Crippen molar-refractivity contribution < 1.29 is 23.8 Å². The van der Waals surface area contributed by atoms with Crippen LogP contribution >= 0.6 is 11.8 Å². The van der Waals surface area contributed by atoms with Crippen molar-refractivity contribution in [3.63, 3.8) is 0 Å². The number of ether oxygens (including phenoxy) is 3. The fraction of sp³-hybridized carbons (Fsp3) is 0.368. The number of benzene rings is 1. The van der Waals surface area contributed by atoms with E-state index in [1.165, 1.54) is 6.20 Å². The molecule has 0 unspecified atom stereocenters. The molecule has 0 radical (unpaired) electrons. The topological polar surface area (TPSA) is 126 Å². The quantitative estimate of drug-likeness (QED) is 0.339. The number of carbonyl (C=O) groups excluding carboxylic acids is 2. The largest absolute Gasteiger partial charge is 0.494 e. The van der Waals surface area contributed by atoms with Gasteiger partial charge in [-0.05, 0) is 32.9 Å². The van der Waals surface area contributed by atoms with Crippen molar-refractivity contribution in [2.75, 3.05) is 36.6 Å². The Kier molecular flexibility index (Phi) is 8.53. The minimum Gasteiger partial charge on any atom is -0.494 e. The van der Waals surface area contributed by atoms with Crippen molar-refractivity contribution in [2.24, 2.45) is 0 Å². The molecule has 10 heteroatoms. The Bertz CT molecular complexity index is 862. The molecule has 1 heterocycles. The minimum absolute atomic E-state index is 0.00408. The van der Waals surface area contributed by atoms with Gasteiger partial charge in [0.25, 0.3) is 0 Å². The average Bonchev–Trinajstić information content (AvgIpc) is 2.69. The number of rotatable bonds is 10. The molecule has 0 bridgehead atoms. The summed E-state index contributed by atoms with van der Waals surface area (Å²) in [6, 6.07) is 5.23. The lowest BCUT2D eigenvalue weighted by molar-refractivity contribution is -0.113. The van der Waals surface area contributed by atoms with Gasteiger partial charge in [0.2, 0.25) is 5.91 Å². The second-order valence-electron chi connectivity index (χ2n) is 5.53. The van der Waals surface area contributed by atoms with Gasteiger partial charge in [-0.2, -0.15) is 0 Å². The third-order valence-electron chi connectivity index (χ3n) is 3.46. The van der Waals surface area contributed by atoms with Gasteiger partial charge in [-0.1, -0.05) is 11.8 Å². The van der Waals surface area contributed by atoms with E-state index in [0.29, 0.717) is 30.4 Å². The Morgan fingerprint density at radius 2 is 1.90 bits per heavy atom. The van der Waals surface area contributed by atoms with Gasteiger partial charge < -0.3 is 25.3 Å². The zero-order valence-electron chi connectivity index (χ0n) is 16.6. The summed E-state index contributed by atoms with van der Waals surface area (Å²) in [7, 11) is 0. The van der Waals surface area contributed by atoms with E-state index in [2.05, 4.69) is 15.3 Å². The van der Waals surface area contributed by atoms with Crippen LogP contribution in [-0.4, -0.2) is 47.4 Å². The van der Waals surface area contributed by atoms with Crippen LogP contribution in [0.2, 0.25) is 0 Å². The van der Waals surface area contributed by atoms with Crippen LogP contribution in [0, 0.1) is 0 Å². The normalized spacial score (nSPS) is 10.3. The molecule has 1 aromatic heterocycles. The van der Waals surface area contributed by atoms with Crippen molar-refractivity contribution in [3.8, 4) is 11.5 Å². The van der Waals surface area contributed by atoms with E-state index >= 15 is 0 Å². The highest BCUT2D eigenvalue weighted by Crippen LogP contribution is 2.30. The molecule has 1 aromatic carbocycles. The fourth-order valence-electron chi connectivity index (χ4n) is 2.27. The number of hydrogen-bond acceptors (Lipinski definition) is 9. The molecule has 29 heavy (non-hydrogen) atoms. The van der Waals surface area contributed by atoms with Gasteiger partial charge in [-0.3, -0.25) is 4.79 Å². The van der Waals surface area contributed by atoms with E-state index in [1.807, 2.05) is 13.8 Å². The second-order valence-corrected chi connectivity index (χ2v) is 6.48. The molecule has 0 saturated heterocycles. The summed E-state index contributed by atoms with van der Waals surface area (Å²) in [4.78, 5) is 32.2. The Labute approximate surface area is 173 Å². The molecule has 9 nitrogen and oxygen atoms in total. The number of amides is 1. The van der Waals surface area contributed by atoms with E-state index in [0.717, 1.165) is 11.8 Å². The van der Waals surface area contributed by atoms with Gasteiger partial charge >= 0.3 is 5.97 Å². The molecule has 0 aliphatic rings. The summed E-state index contributed by atoms with van der Waals surface area (Å²) >= 11 is 1.09. The van der Waals surface area contributed by atoms with Crippen LogP contribution in [0.5, 0.6) is 11.5 Å². The highest BCUT2D eigenvalue weighted by molar-refractivity contribution is 7.99. The number of nitrogens with zero attached hydrogens (tertiary/aromatic N) is 2. The van der Waals surface area contributed by atoms with Crippen LogP contribution in [-0.2, 0) is 9.53 Å². The number of esters is 1. The molecule has 0 spiro atoms. The van der Waals surface area contributed by atoms with Gasteiger partial charge in [-0.15, -0.1) is 0 Å². The van der Waals surface area contributed by atoms with Crippen LogP contribution < -0.4 is 20.5 Å². The lowest BCUT2D eigenvalue weighted by atomic mass is 10.2. The lowest BCUT2D eigenvalue weighted by Gasteiger charge is -2.13. The first-order valence-corrected chi connectivity index (χ1v) is 10.1. The molecule has 3 N–H and O–H groups in total. The number of thioether (sulfide) groups is 1. The van der Waals surface area contributed by atoms with Crippen molar-refractivity contribution in [1.29, 1.82) is 0 Å². The maximum atomic E-state index is 12.4. The number of anilines is 2. The molecule has 1 amide bonds. The maximum Gasteiger partial charge on any atom is 0.343 e. The Morgan fingerprint density at radius 3 is 2.55 bits per heavy atom. The molecule has 0 fully saturated rings. The summed E-state index contributed by atoms with van der Waals surface area (Å²) in [6.07, 6.45) is 1.29. The number of nitrogen functional groups attached to an aromatic ring is 1. The molecule has 0 aliphatic heterocycles. The number of aromatic nitrogens is 2. The molecular formula is C19H24N4O5S. The predicted octanol–water partition coefficient (Wildman–Crippen LogP) is 2.76. The monoisotopic (exact) mass is 420 g/mol. The van der Waals surface area contributed by atoms with E-state index in [9.17, 15) is 9.59 Å². The first kappa shape index (κ1) is 22.3. The Morgan fingerprint density at radius 1 is 1.14 bits per heavy atom. The number of hydrogen-bond donors (Lipinski definition) is 2. The maximum absolute atomic E-state index is 12.4. The Balaban J connectivity index is 2.02. The van der Waals surface area contributed by atoms with E-state index in [1.54, 1.807) is 25.1 Å². The zero-order valence-corrected chi connectivity index (χ0v) is 17.4. The fourth-order valence-corrected chi connectivity index (χ4v) is 2.90. The Hall–Kier alpha value is -3.01. The van der Waals surface area contributed by atoms with E-state index < -0.39 is 5.97 Å². The van der Waals surface area contributed by atoms with E-state index in [-0.39, 0.29) is 34.8 Å². The molecular weight excluding hydrogens is 396 g/mol. The average molecular weight is 420 g/mol. The van der Waals surface area contributed by atoms with Crippen LogP contribution in [0.3, 0.4) is 0 Å². The van der Waals surface area contributed by atoms with Crippen molar-refractivity contribution in [2.45, 2.75) is 25.9 Å². The van der Waals surface area contributed by atoms with Crippen molar-refractivity contribution >= 4 is 35.1 Å². The highest BCUT2D eigenvalue weighted by Gasteiger charge is 2.15. The standard InChI is InChI=1S/C19H24N4O5S/c1-4-26-12-7-8-15(27-5-2)14(9-12)22-16(24)11-29-19-21-10-13(17(20)23-19)18(25)28-6-3/h7-10H,4-6,11H2,1-3H3,(H,22,24)(H2,20,21,23). The van der Waals surface area contributed by atoms with Crippen molar-refractivity contribution in [1.82, 2.24) is 9.97 Å². The summed E-state index contributed by atoms with van der Waals surface area (Å²) in [5.41, 5.74) is 6.39. The summed E-state index contributed by atoms with van der Waals surface area (Å²) in [5, 5.41) is 3.08. The second kappa shape index (κ2) is 11.1. The highest BCUT2D eigenvalue weighted by atomic mass is 32.2. The molecule has 0 saturated carbocycles. The molecule has 2 rings (SSSR count). The van der Waals surface area contributed by atoms with Gasteiger partial charge in [0.15, 0.2) is 5.16 Å².